The van der Waals surface area contributed by atoms with E-state index in [0.29, 0.717) is 30.2 Å². The molecule has 0 radical (unpaired) electrons. The summed E-state index contributed by atoms with van der Waals surface area (Å²) in [5.41, 5.74) is 8.05. The zero-order valence-electron chi connectivity index (χ0n) is 15.0. The van der Waals surface area contributed by atoms with E-state index in [4.69, 9.17) is 10.5 Å². The molecule has 0 spiro atoms. The summed E-state index contributed by atoms with van der Waals surface area (Å²) < 4.78 is 5.32. The summed E-state index contributed by atoms with van der Waals surface area (Å²) in [7, 11) is 1.65. The minimum Gasteiger partial charge on any atom is -0.382 e. The van der Waals surface area contributed by atoms with Gasteiger partial charge in [0, 0.05) is 24.8 Å². The van der Waals surface area contributed by atoms with Crippen molar-refractivity contribution in [2.45, 2.75) is 24.8 Å². The van der Waals surface area contributed by atoms with Crippen molar-refractivity contribution in [1.29, 1.82) is 0 Å². The topological polar surface area (TPSA) is 127 Å². The van der Waals surface area contributed by atoms with Crippen LogP contribution in [0.2, 0.25) is 0 Å². The highest BCUT2D eigenvalue weighted by atomic mass is 16.5. The van der Waals surface area contributed by atoms with Gasteiger partial charge in [-0.25, -0.2) is 0 Å². The standard InChI is InChI=1S/C18H22N8O/c1-27-10-14(11-5-3-2-4-6-11)20-17-22-16(19)23-18(24-17)21-15-9-13(25-26-15)12-7-8-12/h2-6,9,12,14H,7-8,10H2,1H3,(H5,19,20,21,22,23,24,25,26). The molecule has 1 atom stereocenters. The minimum atomic E-state index is -0.113. The Bertz CT molecular complexity index is 893. The molecular formula is C18H22N8O. The van der Waals surface area contributed by atoms with Gasteiger partial charge in [0.1, 0.15) is 0 Å². The largest absolute Gasteiger partial charge is 0.382 e. The molecule has 1 aliphatic carbocycles. The maximum absolute atomic E-state index is 5.86. The van der Waals surface area contributed by atoms with E-state index in [-0.39, 0.29) is 12.0 Å². The van der Waals surface area contributed by atoms with Gasteiger partial charge in [0.05, 0.1) is 12.6 Å². The van der Waals surface area contributed by atoms with E-state index in [1.165, 1.54) is 12.8 Å². The first-order chi connectivity index (χ1) is 13.2. The van der Waals surface area contributed by atoms with Gasteiger partial charge in [-0.05, 0) is 18.4 Å². The molecule has 140 valence electrons. The highest BCUT2D eigenvalue weighted by Crippen LogP contribution is 2.39. The average Bonchev–Trinajstić information content (AvgIpc) is 3.41. The fraction of sp³-hybridized carbons (Fsp3) is 0.333. The van der Waals surface area contributed by atoms with Crippen LogP contribution in [-0.2, 0) is 4.74 Å². The number of hydrogen-bond donors (Lipinski definition) is 4. The van der Waals surface area contributed by atoms with Crippen molar-refractivity contribution in [2.24, 2.45) is 0 Å². The molecule has 1 aromatic carbocycles. The van der Waals surface area contributed by atoms with Crippen molar-refractivity contribution in [3.63, 3.8) is 0 Å². The number of benzene rings is 1. The summed E-state index contributed by atoms with van der Waals surface area (Å²) in [5, 5.41) is 13.6. The maximum atomic E-state index is 5.86. The molecule has 4 rings (SSSR count). The quantitative estimate of drug-likeness (QED) is 0.479. The Morgan fingerprint density at radius 3 is 2.70 bits per heavy atom. The van der Waals surface area contributed by atoms with Crippen LogP contribution in [0.25, 0.3) is 0 Å². The molecular weight excluding hydrogens is 344 g/mol. The van der Waals surface area contributed by atoms with Gasteiger partial charge in [-0.2, -0.15) is 20.1 Å². The van der Waals surface area contributed by atoms with Crippen LogP contribution in [0, 0.1) is 0 Å². The van der Waals surface area contributed by atoms with Crippen LogP contribution in [0.5, 0.6) is 0 Å². The van der Waals surface area contributed by atoms with Crippen molar-refractivity contribution in [2.75, 3.05) is 30.1 Å². The second kappa shape index (κ2) is 7.58. The van der Waals surface area contributed by atoms with E-state index in [0.717, 1.165) is 11.3 Å². The summed E-state index contributed by atoms with van der Waals surface area (Å²) in [4.78, 5) is 12.7. The number of nitrogens with two attached hydrogens (primary N) is 1. The first-order valence-corrected chi connectivity index (χ1v) is 8.85. The third kappa shape index (κ3) is 4.32. The molecule has 0 aliphatic heterocycles. The molecule has 0 amide bonds. The number of methoxy groups -OCH3 is 1. The highest BCUT2D eigenvalue weighted by Gasteiger charge is 2.25. The summed E-state index contributed by atoms with van der Waals surface area (Å²) in [6.07, 6.45) is 2.41. The number of ether oxygens (including phenoxy) is 1. The lowest BCUT2D eigenvalue weighted by molar-refractivity contribution is 0.186. The smallest absolute Gasteiger partial charge is 0.235 e. The minimum absolute atomic E-state index is 0.113. The predicted octanol–water partition coefficient (Wildman–Crippen LogP) is 2.60. The molecule has 27 heavy (non-hydrogen) atoms. The van der Waals surface area contributed by atoms with Crippen LogP contribution >= 0.6 is 0 Å². The van der Waals surface area contributed by atoms with Crippen LogP contribution in [-0.4, -0.2) is 38.9 Å². The average molecular weight is 366 g/mol. The summed E-state index contributed by atoms with van der Waals surface area (Å²) in [5.74, 6) is 2.08. The van der Waals surface area contributed by atoms with Gasteiger partial charge in [-0.3, -0.25) is 5.10 Å². The van der Waals surface area contributed by atoms with Crippen LogP contribution < -0.4 is 16.4 Å². The van der Waals surface area contributed by atoms with Crippen molar-refractivity contribution < 1.29 is 4.74 Å². The molecule has 2 heterocycles. The van der Waals surface area contributed by atoms with E-state index >= 15 is 0 Å². The van der Waals surface area contributed by atoms with Gasteiger partial charge in [0.15, 0.2) is 5.82 Å². The molecule has 0 saturated heterocycles. The van der Waals surface area contributed by atoms with E-state index < -0.39 is 0 Å². The predicted molar refractivity (Wildman–Crippen MR) is 103 cm³/mol. The fourth-order valence-corrected chi connectivity index (χ4v) is 2.86. The summed E-state index contributed by atoms with van der Waals surface area (Å²) >= 11 is 0. The first kappa shape index (κ1) is 17.2. The lowest BCUT2D eigenvalue weighted by Crippen LogP contribution is -2.19. The van der Waals surface area contributed by atoms with Crippen LogP contribution in [0.3, 0.4) is 0 Å². The van der Waals surface area contributed by atoms with Crippen molar-refractivity contribution in [3.05, 3.63) is 47.7 Å². The third-order valence-corrected chi connectivity index (χ3v) is 4.35. The number of H-pyrrole nitrogens is 1. The molecule has 0 bridgehead atoms. The number of anilines is 4. The van der Waals surface area contributed by atoms with Gasteiger partial charge >= 0.3 is 0 Å². The van der Waals surface area contributed by atoms with Crippen LogP contribution in [0.4, 0.5) is 23.7 Å². The Balaban J connectivity index is 1.51. The second-order valence-electron chi connectivity index (χ2n) is 6.51. The number of aromatic amines is 1. The number of rotatable bonds is 8. The number of nitrogens with zero attached hydrogens (tertiary/aromatic N) is 4. The van der Waals surface area contributed by atoms with Crippen LogP contribution in [0.15, 0.2) is 36.4 Å². The molecule has 3 aromatic rings. The monoisotopic (exact) mass is 366 g/mol. The maximum Gasteiger partial charge on any atom is 0.235 e. The number of nitrogen functional groups attached to an aromatic ring is 1. The summed E-state index contributed by atoms with van der Waals surface area (Å²) in [6, 6.07) is 11.8. The number of hydrogen-bond acceptors (Lipinski definition) is 8. The lowest BCUT2D eigenvalue weighted by Gasteiger charge is -2.18. The Hall–Kier alpha value is -3.20. The van der Waals surface area contributed by atoms with E-state index in [1.54, 1.807) is 7.11 Å². The first-order valence-electron chi connectivity index (χ1n) is 8.85. The third-order valence-electron chi connectivity index (χ3n) is 4.35. The molecule has 1 unspecified atom stereocenters. The Morgan fingerprint density at radius 1 is 1.19 bits per heavy atom. The Kier molecular flexibility index (Phi) is 4.84. The molecule has 9 nitrogen and oxygen atoms in total. The Morgan fingerprint density at radius 2 is 1.96 bits per heavy atom. The van der Waals surface area contributed by atoms with Gasteiger partial charge in [0.25, 0.3) is 0 Å². The van der Waals surface area contributed by atoms with Gasteiger partial charge in [-0.15, -0.1) is 0 Å². The highest BCUT2D eigenvalue weighted by molar-refractivity contribution is 5.52. The molecule has 1 fully saturated rings. The normalized spacial score (nSPS) is 14.7. The number of aromatic nitrogens is 5. The van der Waals surface area contributed by atoms with Crippen LogP contribution in [0.1, 0.15) is 36.1 Å². The second-order valence-corrected chi connectivity index (χ2v) is 6.51. The zero-order valence-corrected chi connectivity index (χ0v) is 15.0. The SMILES string of the molecule is COCC(Nc1nc(N)nc(Nc2cc(C3CC3)[nH]n2)n1)c1ccccc1. The molecule has 9 heteroatoms. The molecule has 1 saturated carbocycles. The molecule has 2 aromatic heterocycles. The van der Waals surface area contributed by atoms with Crippen molar-refractivity contribution >= 4 is 23.7 Å². The van der Waals surface area contributed by atoms with E-state index in [2.05, 4.69) is 35.8 Å². The van der Waals surface area contributed by atoms with Gasteiger partial charge < -0.3 is 21.1 Å². The molecule has 1 aliphatic rings. The summed E-state index contributed by atoms with van der Waals surface area (Å²) in [6.45, 7) is 0.461. The van der Waals surface area contributed by atoms with E-state index in [9.17, 15) is 0 Å². The van der Waals surface area contributed by atoms with Crippen molar-refractivity contribution in [3.8, 4) is 0 Å². The lowest BCUT2D eigenvalue weighted by atomic mass is 10.1. The van der Waals surface area contributed by atoms with Crippen molar-refractivity contribution in [1.82, 2.24) is 25.1 Å². The molecule has 5 N–H and O–H groups in total. The number of nitrogens with one attached hydrogen (secondary N) is 3. The Labute approximate surface area is 156 Å². The van der Waals surface area contributed by atoms with Gasteiger partial charge in [0.2, 0.25) is 17.8 Å². The fourth-order valence-electron chi connectivity index (χ4n) is 2.86. The van der Waals surface area contributed by atoms with Gasteiger partial charge in [-0.1, -0.05) is 30.3 Å². The zero-order chi connectivity index (χ0) is 18.6. The van der Waals surface area contributed by atoms with E-state index in [1.807, 2.05) is 36.4 Å².